The van der Waals surface area contributed by atoms with Gasteiger partial charge in [0.25, 0.3) is 5.91 Å². The van der Waals surface area contributed by atoms with Crippen LogP contribution >= 0.6 is 0 Å². The van der Waals surface area contributed by atoms with Crippen LogP contribution in [-0.2, 0) is 9.59 Å². The van der Waals surface area contributed by atoms with Crippen LogP contribution in [0.25, 0.3) is 0 Å². The van der Waals surface area contributed by atoms with Gasteiger partial charge >= 0.3 is 0 Å². The van der Waals surface area contributed by atoms with E-state index in [1.165, 1.54) is 0 Å². The largest absolute Gasteiger partial charge is 0.490 e. The van der Waals surface area contributed by atoms with E-state index in [1.807, 2.05) is 29.2 Å². The Morgan fingerprint density at radius 3 is 2.40 bits per heavy atom. The fourth-order valence-electron chi connectivity index (χ4n) is 3.81. The van der Waals surface area contributed by atoms with Gasteiger partial charge in [0, 0.05) is 37.2 Å². The number of likely N-dealkylation sites (tertiary alicyclic amines) is 1. The second-order valence-electron chi connectivity index (χ2n) is 7.49. The van der Waals surface area contributed by atoms with Crippen LogP contribution in [0.4, 0.5) is 11.4 Å². The molecule has 0 aliphatic carbocycles. The zero-order valence-corrected chi connectivity index (χ0v) is 16.8. The molecule has 0 saturated carbocycles. The van der Waals surface area contributed by atoms with Crippen LogP contribution in [-0.4, -0.2) is 48.9 Å². The van der Waals surface area contributed by atoms with Gasteiger partial charge in [0.2, 0.25) is 11.8 Å². The van der Waals surface area contributed by atoms with Gasteiger partial charge in [-0.05, 0) is 49.2 Å². The van der Waals surface area contributed by atoms with Gasteiger partial charge in [-0.15, -0.1) is 0 Å². The van der Waals surface area contributed by atoms with Crippen molar-refractivity contribution in [2.75, 3.05) is 36.5 Å². The Morgan fingerprint density at radius 2 is 1.63 bits per heavy atom. The summed E-state index contributed by atoms with van der Waals surface area (Å²) in [6.07, 6.45) is 2.31. The average molecular weight is 407 g/mol. The number of nitrogens with zero attached hydrogens (tertiary/aromatic N) is 2. The van der Waals surface area contributed by atoms with Gasteiger partial charge in [0.05, 0.1) is 12.2 Å². The lowest BCUT2D eigenvalue weighted by atomic mass is 10.1. The lowest BCUT2D eigenvalue weighted by molar-refractivity contribution is -0.122. The predicted octanol–water partition coefficient (Wildman–Crippen LogP) is 3.07. The van der Waals surface area contributed by atoms with E-state index < -0.39 is 0 Å². The summed E-state index contributed by atoms with van der Waals surface area (Å²) < 4.78 is 5.57. The summed E-state index contributed by atoms with van der Waals surface area (Å²) in [6, 6.07) is 14.3. The molecule has 2 aromatic carbocycles. The molecule has 0 bridgehead atoms. The summed E-state index contributed by atoms with van der Waals surface area (Å²) >= 11 is 0. The summed E-state index contributed by atoms with van der Waals surface area (Å²) in [5.41, 5.74) is 1.98. The van der Waals surface area contributed by atoms with Crippen LogP contribution in [0.3, 0.4) is 0 Å². The molecule has 2 heterocycles. The normalized spacial score (nSPS) is 15.3. The molecule has 0 radical (unpaired) electrons. The minimum absolute atomic E-state index is 0.0294. The highest BCUT2D eigenvalue weighted by atomic mass is 16.5. The maximum atomic E-state index is 12.6. The number of nitrogens with one attached hydrogen (secondary N) is 1. The van der Waals surface area contributed by atoms with Crippen molar-refractivity contribution >= 4 is 29.1 Å². The first kappa shape index (κ1) is 19.9. The first-order valence-electron chi connectivity index (χ1n) is 10.3. The fraction of sp³-hybridized carbons (Fsp3) is 0.348. The molecular weight excluding hydrogens is 382 g/mol. The summed E-state index contributed by atoms with van der Waals surface area (Å²) in [6.45, 7) is 2.53. The highest BCUT2D eigenvalue weighted by Gasteiger charge is 2.23. The van der Waals surface area contributed by atoms with E-state index in [0.717, 1.165) is 31.6 Å². The van der Waals surface area contributed by atoms with Crippen LogP contribution in [0.5, 0.6) is 5.75 Å². The highest BCUT2D eigenvalue weighted by molar-refractivity contribution is 5.99. The molecule has 1 fully saturated rings. The van der Waals surface area contributed by atoms with E-state index in [9.17, 15) is 14.4 Å². The maximum absolute atomic E-state index is 12.6. The number of para-hydroxylation sites is 2. The first-order chi connectivity index (χ1) is 14.6. The van der Waals surface area contributed by atoms with Crippen molar-refractivity contribution in [1.29, 1.82) is 0 Å². The lowest BCUT2D eigenvalue weighted by Gasteiger charge is -2.29. The van der Waals surface area contributed by atoms with Gasteiger partial charge in [-0.3, -0.25) is 14.4 Å². The molecule has 2 aliphatic rings. The molecule has 0 atom stereocenters. The highest BCUT2D eigenvalue weighted by Crippen LogP contribution is 2.31. The van der Waals surface area contributed by atoms with Gasteiger partial charge < -0.3 is 19.9 Å². The van der Waals surface area contributed by atoms with Crippen LogP contribution in [0.1, 0.15) is 36.0 Å². The molecule has 7 nitrogen and oxygen atoms in total. The Bertz CT molecular complexity index is 936. The van der Waals surface area contributed by atoms with Crippen molar-refractivity contribution in [1.82, 2.24) is 4.90 Å². The van der Waals surface area contributed by atoms with Crippen LogP contribution in [0.2, 0.25) is 0 Å². The van der Waals surface area contributed by atoms with Gasteiger partial charge in [-0.25, -0.2) is 0 Å². The molecule has 30 heavy (non-hydrogen) atoms. The van der Waals surface area contributed by atoms with Gasteiger partial charge in [0.1, 0.15) is 12.4 Å². The molecule has 156 valence electrons. The number of benzene rings is 2. The average Bonchev–Trinajstić information content (AvgIpc) is 3.32. The summed E-state index contributed by atoms with van der Waals surface area (Å²) in [5, 5.41) is 2.80. The van der Waals surface area contributed by atoms with E-state index in [4.69, 9.17) is 4.74 Å². The van der Waals surface area contributed by atoms with Crippen molar-refractivity contribution in [2.24, 2.45) is 0 Å². The van der Waals surface area contributed by atoms with Gasteiger partial charge in [-0.2, -0.15) is 0 Å². The maximum Gasteiger partial charge on any atom is 0.253 e. The molecule has 2 aromatic rings. The molecule has 1 N–H and O–H groups in total. The molecule has 3 amide bonds. The Hall–Kier alpha value is -3.35. The van der Waals surface area contributed by atoms with Crippen LogP contribution in [0, 0.1) is 0 Å². The second kappa shape index (κ2) is 8.98. The monoisotopic (exact) mass is 407 g/mol. The molecule has 4 rings (SSSR count). The Morgan fingerprint density at radius 1 is 0.900 bits per heavy atom. The van der Waals surface area contributed by atoms with Crippen molar-refractivity contribution in [3.8, 4) is 5.75 Å². The predicted molar refractivity (Wildman–Crippen MR) is 114 cm³/mol. The van der Waals surface area contributed by atoms with E-state index in [-0.39, 0.29) is 30.6 Å². The zero-order chi connectivity index (χ0) is 20.9. The van der Waals surface area contributed by atoms with Gasteiger partial charge in [-0.1, -0.05) is 12.1 Å². The summed E-state index contributed by atoms with van der Waals surface area (Å²) in [5.74, 6) is 0.378. The van der Waals surface area contributed by atoms with E-state index in [2.05, 4.69) is 5.32 Å². The third-order valence-corrected chi connectivity index (χ3v) is 5.40. The third kappa shape index (κ3) is 4.45. The standard InChI is InChI=1S/C23H25N3O4/c27-21(11-12-22(28)26-15-16-30-20-6-2-1-5-19(20)26)24-18-9-7-17(8-10-18)23(29)25-13-3-4-14-25/h1-2,5-10H,3-4,11-16H2,(H,24,27). The quantitative estimate of drug-likeness (QED) is 0.826. The van der Waals surface area contributed by atoms with Crippen molar-refractivity contribution in [2.45, 2.75) is 25.7 Å². The molecular formula is C23H25N3O4. The minimum Gasteiger partial charge on any atom is -0.490 e. The third-order valence-electron chi connectivity index (χ3n) is 5.40. The number of carbonyl (C=O) groups is 3. The molecule has 0 spiro atoms. The van der Waals surface area contributed by atoms with Crippen molar-refractivity contribution in [3.05, 3.63) is 54.1 Å². The smallest absolute Gasteiger partial charge is 0.253 e. The number of hydrogen-bond acceptors (Lipinski definition) is 4. The minimum atomic E-state index is -0.233. The Kier molecular flexibility index (Phi) is 5.97. The number of rotatable bonds is 5. The lowest BCUT2D eigenvalue weighted by Crippen LogP contribution is -2.38. The molecule has 7 heteroatoms. The van der Waals surface area contributed by atoms with Crippen LogP contribution in [0.15, 0.2) is 48.5 Å². The summed E-state index contributed by atoms with van der Waals surface area (Å²) in [7, 11) is 0. The zero-order valence-electron chi connectivity index (χ0n) is 16.8. The molecule has 0 unspecified atom stereocenters. The second-order valence-corrected chi connectivity index (χ2v) is 7.49. The van der Waals surface area contributed by atoms with E-state index in [0.29, 0.717) is 30.2 Å². The number of hydrogen-bond donors (Lipinski definition) is 1. The number of anilines is 2. The SMILES string of the molecule is O=C(CCC(=O)N1CCOc2ccccc21)Nc1ccc(C(=O)N2CCCC2)cc1. The van der Waals surface area contributed by atoms with Crippen molar-refractivity contribution in [3.63, 3.8) is 0 Å². The van der Waals surface area contributed by atoms with Gasteiger partial charge in [0.15, 0.2) is 0 Å². The van der Waals surface area contributed by atoms with E-state index >= 15 is 0 Å². The fourth-order valence-corrected chi connectivity index (χ4v) is 3.81. The van der Waals surface area contributed by atoms with E-state index in [1.54, 1.807) is 29.2 Å². The van der Waals surface area contributed by atoms with Crippen LogP contribution < -0.4 is 15.0 Å². The topological polar surface area (TPSA) is 79.0 Å². The number of fused-ring (bicyclic) bond motifs is 1. The Labute approximate surface area is 175 Å². The molecule has 2 aliphatic heterocycles. The first-order valence-corrected chi connectivity index (χ1v) is 10.3. The molecule has 0 aromatic heterocycles. The van der Waals surface area contributed by atoms with Crippen molar-refractivity contribution < 1.29 is 19.1 Å². The number of amides is 3. The Balaban J connectivity index is 1.29. The number of ether oxygens (including phenoxy) is 1. The number of carbonyl (C=O) groups excluding carboxylic acids is 3. The molecule has 1 saturated heterocycles. The summed E-state index contributed by atoms with van der Waals surface area (Å²) in [4.78, 5) is 40.8.